The summed E-state index contributed by atoms with van der Waals surface area (Å²) in [6, 6.07) is 15.2. The first-order valence-electron chi connectivity index (χ1n) is 14.3. The summed E-state index contributed by atoms with van der Waals surface area (Å²) >= 11 is 0. The van der Waals surface area contributed by atoms with E-state index in [-0.39, 0.29) is 24.2 Å². The number of amides is 2. The van der Waals surface area contributed by atoms with E-state index in [9.17, 15) is 9.59 Å². The Labute approximate surface area is 237 Å². The lowest BCUT2D eigenvalue weighted by Gasteiger charge is -2.51. The number of benzene rings is 2. The summed E-state index contributed by atoms with van der Waals surface area (Å²) in [6.07, 6.45) is 6.84. The lowest BCUT2D eigenvalue weighted by atomic mass is 9.82. The Morgan fingerprint density at radius 1 is 1.12 bits per heavy atom. The number of nitrogens with zero attached hydrogens (tertiary/aromatic N) is 2. The van der Waals surface area contributed by atoms with Gasteiger partial charge in [0.05, 0.1) is 26.5 Å². The number of nitrogens with one attached hydrogen (secondary N) is 2. The first-order valence-corrected chi connectivity index (χ1v) is 14.3. The van der Waals surface area contributed by atoms with Gasteiger partial charge in [0.2, 0.25) is 11.8 Å². The smallest absolute Gasteiger partial charge is 0.245 e. The predicted molar refractivity (Wildman–Crippen MR) is 155 cm³/mol. The molecule has 1 aliphatic rings. The SMILES string of the molecule is CCCCOC1(c2ccccc2C)CN(C(=O)C(Cc2ccc(OC)cc2)NC(=O)CC(CC)c2cnc[nH]2)C1. The maximum atomic E-state index is 13.9. The van der Waals surface area contributed by atoms with E-state index in [0.29, 0.717) is 26.1 Å². The fourth-order valence-corrected chi connectivity index (χ4v) is 5.42. The number of carbonyl (C=O) groups is 2. The first-order chi connectivity index (χ1) is 19.4. The van der Waals surface area contributed by atoms with Crippen LogP contribution >= 0.6 is 0 Å². The molecule has 2 N–H and O–H groups in total. The zero-order valence-electron chi connectivity index (χ0n) is 24.1. The quantitative estimate of drug-likeness (QED) is 0.281. The number of ether oxygens (including phenoxy) is 2. The molecule has 3 aromatic rings. The summed E-state index contributed by atoms with van der Waals surface area (Å²) in [6.45, 7) is 7.83. The Bertz CT molecular complexity index is 1240. The van der Waals surface area contributed by atoms with Crippen molar-refractivity contribution in [3.05, 3.63) is 83.4 Å². The molecule has 2 unspecified atom stereocenters. The molecule has 0 spiro atoms. The van der Waals surface area contributed by atoms with E-state index < -0.39 is 11.6 Å². The minimum absolute atomic E-state index is 0.00363. The van der Waals surface area contributed by atoms with Crippen LogP contribution < -0.4 is 10.1 Å². The van der Waals surface area contributed by atoms with Gasteiger partial charge in [-0.05, 0) is 48.6 Å². The highest BCUT2D eigenvalue weighted by Gasteiger charge is 2.49. The number of likely N-dealkylation sites (tertiary alicyclic amines) is 1. The van der Waals surface area contributed by atoms with Crippen molar-refractivity contribution in [3.63, 3.8) is 0 Å². The van der Waals surface area contributed by atoms with Gasteiger partial charge in [-0.3, -0.25) is 9.59 Å². The minimum atomic E-state index is -0.689. The lowest BCUT2D eigenvalue weighted by Crippen LogP contribution is -2.66. The molecule has 214 valence electrons. The number of unbranched alkanes of at least 4 members (excludes halogenated alkanes) is 1. The van der Waals surface area contributed by atoms with Crippen molar-refractivity contribution in [1.29, 1.82) is 0 Å². The van der Waals surface area contributed by atoms with E-state index in [1.165, 1.54) is 0 Å². The number of carbonyl (C=O) groups excluding carboxylic acids is 2. The number of aromatic amines is 1. The number of aromatic nitrogens is 2. The van der Waals surface area contributed by atoms with Crippen LogP contribution in [0.4, 0.5) is 0 Å². The molecule has 2 aromatic carbocycles. The normalized spacial score (nSPS) is 15.7. The molecule has 2 atom stereocenters. The molecular weight excluding hydrogens is 504 g/mol. The van der Waals surface area contributed by atoms with Crippen molar-refractivity contribution in [1.82, 2.24) is 20.2 Å². The van der Waals surface area contributed by atoms with E-state index in [2.05, 4.69) is 41.3 Å². The molecule has 8 heteroatoms. The van der Waals surface area contributed by atoms with Crippen molar-refractivity contribution in [2.75, 3.05) is 26.8 Å². The van der Waals surface area contributed by atoms with Crippen LogP contribution in [0, 0.1) is 6.92 Å². The van der Waals surface area contributed by atoms with E-state index in [4.69, 9.17) is 9.47 Å². The molecule has 1 aromatic heterocycles. The molecule has 1 saturated heterocycles. The number of imidazole rings is 1. The van der Waals surface area contributed by atoms with E-state index >= 15 is 0 Å². The van der Waals surface area contributed by atoms with Crippen molar-refractivity contribution in [2.45, 2.75) is 70.4 Å². The van der Waals surface area contributed by atoms with Gasteiger partial charge in [-0.15, -0.1) is 0 Å². The average Bonchev–Trinajstić information content (AvgIpc) is 3.48. The van der Waals surface area contributed by atoms with Crippen LogP contribution in [-0.2, 0) is 26.3 Å². The highest BCUT2D eigenvalue weighted by atomic mass is 16.5. The molecule has 2 heterocycles. The standard InChI is InChI=1S/C32H42N4O4/c1-5-7-16-40-32(27-11-9-8-10-23(27)3)20-36(21-32)31(38)28(17-24-12-14-26(39-4)15-13-24)35-30(37)18-25(6-2)29-19-33-22-34-29/h8-15,19,22,25,28H,5-7,16-18,20-21H2,1-4H3,(H,33,34)(H,35,37). The van der Waals surface area contributed by atoms with Crippen LogP contribution in [0.5, 0.6) is 5.75 Å². The van der Waals surface area contributed by atoms with Crippen LogP contribution in [-0.4, -0.2) is 59.5 Å². The van der Waals surface area contributed by atoms with E-state index in [0.717, 1.165) is 47.4 Å². The molecule has 1 aliphatic heterocycles. The third-order valence-electron chi connectivity index (χ3n) is 7.83. The molecule has 2 amide bonds. The van der Waals surface area contributed by atoms with Gasteiger partial charge in [-0.1, -0.05) is 56.7 Å². The molecule has 0 aliphatic carbocycles. The number of rotatable bonds is 14. The number of methoxy groups -OCH3 is 1. The third kappa shape index (κ3) is 6.91. The Balaban J connectivity index is 1.51. The highest BCUT2D eigenvalue weighted by molar-refractivity contribution is 5.89. The van der Waals surface area contributed by atoms with Crippen molar-refractivity contribution in [2.24, 2.45) is 0 Å². The van der Waals surface area contributed by atoms with Crippen LogP contribution in [0.3, 0.4) is 0 Å². The van der Waals surface area contributed by atoms with E-state index in [1.807, 2.05) is 48.2 Å². The van der Waals surface area contributed by atoms with Gasteiger partial charge in [0.25, 0.3) is 0 Å². The van der Waals surface area contributed by atoms with Gasteiger partial charge < -0.3 is 24.7 Å². The van der Waals surface area contributed by atoms with Crippen molar-refractivity contribution < 1.29 is 19.1 Å². The second-order valence-corrected chi connectivity index (χ2v) is 10.7. The second-order valence-electron chi connectivity index (χ2n) is 10.7. The van der Waals surface area contributed by atoms with Crippen LogP contribution in [0.2, 0.25) is 0 Å². The summed E-state index contributed by atoms with van der Waals surface area (Å²) in [5.41, 5.74) is 3.61. The molecule has 1 fully saturated rings. The summed E-state index contributed by atoms with van der Waals surface area (Å²) in [4.78, 5) is 36.2. The number of hydrogen-bond acceptors (Lipinski definition) is 5. The van der Waals surface area contributed by atoms with Crippen LogP contribution in [0.1, 0.15) is 67.8 Å². The van der Waals surface area contributed by atoms with Gasteiger partial charge >= 0.3 is 0 Å². The fourth-order valence-electron chi connectivity index (χ4n) is 5.42. The van der Waals surface area contributed by atoms with Crippen LogP contribution in [0.15, 0.2) is 61.1 Å². The molecule has 0 radical (unpaired) electrons. The summed E-state index contributed by atoms with van der Waals surface area (Å²) in [7, 11) is 1.62. The van der Waals surface area contributed by atoms with E-state index in [1.54, 1.807) is 19.6 Å². The Morgan fingerprint density at radius 3 is 2.50 bits per heavy atom. The molecule has 8 nitrogen and oxygen atoms in total. The van der Waals surface area contributed by atoms with Gasteiger partial charge in [0.1, 0.15) is 17.4 Å². The van der Waals surface area contributed by atoms with Crippen molar-refractivity contribution in [3.8, 4) is 5.75 Å². The third-order valence-corrected chi connectivity index (χ3v) is 7.83. The monoisotopic (exact) mass is 546 g/mol. The Kier molecular flexibility index (Phi) is 9.98. The predicted octanol–water partition coefficient (Wildman–Crippen LogP) is 4.89. The summed E-state index contributed by atoms with van der Waals surface area (Å²) in [5.74, 6) is 0.500. The number of aryl methyl sites for hydroxylation is 1. The second kappa shape index (κ2) is 13.6. The fraction of sp³-hybridized carbons (Fsp3) is 0.469. The highest BCUT2D eigenvalue weighted by Crippen LogP contribution is 2.38. The molecule has 4 rings (SSSR count). The maximum absolute atomic E-state index is 13.9. The zero-order valence-corrected chi connectivity index (χ0v) is 24.1. The zero-order chi connectivity index (χ0) is 28.5. The van der Waals surface area contributed by atoms with Gasteiger partial charge in [-0.2, -0.15) is 0 Å². The van der Waals surface area contributed by atoms with Gasteiger partial charge in [-0.25, -0.2) is 4.98 Å². The Morgan fingerprint density at radius 2 is 1.88 bits per heavy atom. The summed E-state index contributed by atoms with van der Waals surface area (Å²) in [5, 5.41) is 3.06. The maximum Gasteiger partial charge on any atom is 0.245 e. The van der Waals surface area contributed by atoms with Gasteiger partial charge in [0, 0.05) is 37.3 Å². The molecule has 40 heavy (non-hydrogen) atoms. The number of H-pyrrole nitrogens is 1. The number of hydrogen-bond donors (Lipinski definition) is 2. The minimum Gasteiger partial charge on any atom is -0.497 e. The molecular formula is C32H42N4O4. The largest absolute Gasteiger partial charge is 0.497 e. The van der Waals surface area contributed by atoms with Crippen molar-refractivity contribution >= 4 is 11.8 Å². The first kappa shape index (κ1) is 29.3. The van der Waals surface area contributed by atoms with Gasteiger partial charge in [0.15, 0.2) is 0 Å². The Hall–Kier alpha value is -3.65. The summed E-state index contributed by atoms with van der Waals surface area (Å²) < 4.78 is 11.8. The molecule has 0 bridgehead atoms. The molecule has 0 saturated carbocycles. The van der Waals surface area contributed by atoms with Crippen LogP contribution in [0.25, 0.3) is 0 Å². The lowest BCUT2D eigenvalue weighted by molar-refractivity contribution is -0.175. The topological polar surface area (TPSA) is 96.6 Å². The average molecular weight is 547 g/mol.